The van der Waals surface area contributed by atoms with Crippen LogP contribution in [0.15, 0.2) is 0 Å². The molecule has 2 heterocycles. The highest BCUT2D eigenvalue weighted by Crippen LogP contribution is 2.33. The Bertz CT molecular complexity index is 448. The summed E-state index contributed by atoms with van der Waals surface area (Å²) in [5, 5.41) is 10.6. The SMILES string of the molecule is CC(c1nc2c(s1)CCCC2)N1CC(O)CC1=O. The highest BCUT2D eigenvalue weighted by atomic mass is 32.1. The molecular formula is C13H18N2O2S. The van der Waals surface area contributed by atoms with Crippen LogP contribution >= 0.6 is 11.3 Å². The Kier molecular flexibility index (Phi) is 3.11. The van der Waals surface area contributed by atoms with Crippen molar-refractivity contribution in [3.05, 3.63) is 15.6 Å². The first-order chi connectivity index (χ1) is 8.65. The van der Waals surface area contributed by atoms with Gasteiger partial charge in [0.15, 0.2) is 0 Å². The van der Waals surface area contributed by atoms with Gasteiger partial charge in [-0.25, -0.2) is 4.98 Å². The van der Waals surface area contributed by atoms with Crippen LogP contribution in [-0.2, 0) is 17.6 Å². The number of carbonyl (C=O) groups is 1. The molecule has 4 nitrogen and oxygen atoms in total. The van der Waals surface area contributed by atoms with Gasteiger partial charge in [-0.1, -0.05) is 0 Å². The minimum atomic E-state index is -0.505. The molecule has 18 heavy (non-hydrogen) atoms. The zero-order valence-electron chi connectivity index (χ0n) is 10.6. The second-order valence-electron chi connectivity index (χ2n) is 5.21. The van der Waals surface area contributed by atoms with Crippen LogP contribution in [0.1, 0.15) is 47.8 Å². The summed E-state index contributed by atoms with van der Waals surface area (Å²) in [6, 6.07) is 0.00486. The van der Waals surface area contributed by atoms with Gasteiger partial charge >= 0.3 is 0 Å². The molecule has 2 atom stereocenters. The lowest BCUT2D eigenvalue weighted by Crippen LogP contribution is -2.29. The monoisotopic (exact) mass is 266 g/mol. The second kappa shape index (κ2) is 4.63. The predicted molar refractivity (Wildman–Crippen MR) is 69.5 cm³/mol. The van der Waals surface area contributed by atoms with Crippen LogP contribution in [0.25, 0.3) is 0 Å². The van der Waals surface area contributed by atoms with Crippen molar-refractivity contribution >= 4 is 17.2 Å². The van der Waals surface area contributed by atoms with Crippen molar-refractivity contribution in [3.8, 4) is 0 Å². The van der Waals surface area contributed by atoms with E-state index >= 15 is 0 Å². The molecule has 1 aromatic rings. The van der Waals surface area contributed by atoms with Crippen molar-refractivity contribution in [2.45, 2.75) is 51.2 Å². The van der Waals surface area contributed by atoms with E-state index in [1.165, 1.54) is 23.4 Å². The van der Waals surface area contributed by atoms with E-state index in [-0.39, 0.29) is 18.4 Å². The second-order valence-corrected chi connectivity index (χ2v) is 6.32. The van der Waals surface area contributed by atoms with E-state index in [0.29, 0.717) is 6.54 Å². The molecule has 0 aromatic carbocycles. The third-order valence-corrected chi connectivity index (χ3v) is 5.15. The molecule has 1 saturated heterocycles. The van der Waals surface area contributed by atoms with Crippen molar-refractivity contribution in [2.75, 3.05) is 6.54 Å². The Morgan fingerprint density at radius 1 is 1.44 bits per heavy atom. The number of fused-ring (bicyclic) bond motifs is 1. The lowest BCUT2D eigenvalue weighted by molar-refractivity contribution is -0.129. The fraction of sp³-hybridized carbons (Fsp3) is 0.692. The molecule has 1 aromatic heterocycles. The van der Waals surface area contributed by atoms with Crippen molar-refractivity contribution in [3.63, 3.8) is 0 Å². The fourth-order valence-corrected chi connectivity index (χ4v) is 3.99. The number of aromatic nitrogens is 1. The number of rotatable bonds is 2. The summed E-state index contributed by atoms with van der Waals surface area (Å²) < 4.78 is 0. The predicted octanol–water partition coefficient (Wildman–Crippen LogP) is 1.68. The number of amides is 1. The summed E-state index contributed by atoms with van der Waals surface area (Å²) in [5.74, 6) is 0.0446. The van der Waals surface area contributed by atoms with Crippen LogP contribution in [-0.4, -0.2) is 33.5 Å². The number of likely N-dealkylation sites (tertiary alicyclic amines) is 1. The maximum atomic E-state index is 11.8. The summed E-state index contributed by atoms with van der Waals surface area (Å²) >= 11 is 1.75. The molecule has 3 rings (SSSR count). The number of nitrogens with zero attached hydrogens (tertiary/aromatic N) is 2. The van der Waals surface area contributed by atoms with Gasteiger partial charge in [0.25, 0.3) is 0 Å². The minimum Gasteiger partial charge on any atom is -0.391 e. The molecule has 0 radical (unpaired) electrons. The van der Waals surface area contributed by atoms with Gasteiger partial charge in [-0.05, 0) is 32.6 Å². The molecule has 5 heteroatoms. The van der Waals surface area contributed by atoms with Crippen molar-refractivity contribution in [1.82, 2.24) is 9.88 Å². The van der Waals surface area contributed by atoms with Gasteiger partial charge in [0.05, 0.1) is 24.3 Å². The number of thiazole rings is 1. The van der Waals surface area contributed by atoms with Crippen molar-refractivity contribution in [1.29, 1.82) is 0 Å². The Hall–Kier alpha value is -0.940. The normalized spacial score (nSPS) is 25.3. The lowest BCUT2D eigenvalue weighted by Gasteiger charge is -2.22. The van der Waals surface area contributed by atoms with E-state index in [4.69, 9.17) is 4.98 Å². The standard InChI is InChI=1S/C13H18N2O2S/c1-8(15-7-9(16)6-12(15)17)13-14-10-4-2-3-5-11(10)18-13/h8-9,16H,2-7H2,1H3. The average Bonchev–Trinajstić information content (AvgIpc) is 2.91. The molecule has 1 aliphatic heterocycles. The maximum absolute atomic E-state index is 11.8. The third kappa shape index (κ3) is 2.06. The largest absolute Gasteiger partial charge is 0.391 e. The van der Waals surface area contributed by atoms with Gasteiger partial charge in [-0.3, -0.25) is 4.79 Å². The van der Waals surface area contributed by atoms with Gasteiger partial charge in [-0.15, -0.1) is 11.3 Å². The number of aliphatic hydroxyl groups is 1. The molecule has 0 bridgehead atoms. The molecule has 1 amide bonds. The maximum Gasteiger partial charge on any atom is 0.225 e. The summed E-state index contributed by atoms with van der Waals surface area (Å²) in [7, 11) is 0. The zero-order chi connectivity index (χ0) is 12.7. The van der Waals surface area contributed by atoms with Crippen LogP contribution < -0.4 is 0 Å². The van der Waals surface area contributed by atoms with E-state index in [2.05, 4.69) is 0 Å². The number of aliphatic hydroxyl groups excluding tert-OH is 1. The van der Waals surface area contributed by atoms with Crippen LogP contribution in [0.3, 0.4) is 0 Å². The number of β-amino-alcohol motifs (C(OH)–C–C–N with tert-alkyl or cyclic N) is 1. The first-order valence-electron chi connectivity index (χ1n) is 6.61. The first-order valence-corrected chi connectivity index (χ1v) is 7.43. The summed E-state index contributed by atoms with van der Waals surface area (Å²) in [6.07, 6.45) is 4.45. The smallest absolute Gasteiger partial charge is 0.225 e. The van der Waals surface area contributed by atoms with Crippen molar-refractivity contribution in [2.24, 2.45) is 0 Å². The molecule has 0 saturated carbocycles. The molecule has 1 N–H and O–H groups in total. The molecule has 1 fully saturated rings. The average molecular weight is 266 g/mol. The fourth-order valence-electron chi connectivity index (χ4n) is 2.77. The third-order valence-electron chi connectivity index (χ3n) is 3.83. The summed E-state index contributed by atoms with van der Waals surface area (Å²) in [5.41, 5.74) is 1.24. The molecule has 2 unspecified atom stereocenters. The van der Waals surface area contributed by atoms with E-state index in [1.54, 1.807) is 16.2 Å². The van der Waals surface area contributed by atoms with Crippen LogP contribution in [0.4, 0.5) is 0 Å². The molecule has 0 spiro atoms. The topological polar surface area (TPSA) is 53.4 Å². The summed E-state index contributed by atoms with van der Waals surface area (Å²) in [6.45, 7) is 2.46. The minimum absolute atomic E-state index is 0.00486. The van der Waals surface area contributed by atoms with Gasteiger partial charge in [0.1, 0.15) is 5.01 Å². The van der Waals surface area contributed by atoms with Gasteiger partial charge in [-0.2, -0.15) is 0 Å². The molecule has 2 aliphatic rings. The first kappa shape index (κ1) is 12.1. The molecule has 1 aliphatic carbocycles. The lowest BCUT2D eigenvalue weighted by atomic mass is 10.0. The molecular weight excluding hydrogens is 248 g/mol. The number of hydrogen-bond acceptors (Lipinski definition) is 4. The summed E-state index contributed by atoms with van der Waals surface area (Å²) in [4.78, 5) is 19.6. The van der Waals surface area contributed by atoms with Gasteiger partial charge in [0, 0.05) is 11.4 Å². The quantitative estimate of drug-likeness (QED) is 0.886. The zero-order valence-corrected chi connectivity index (χ0v) is 11.4. The Morgan fingerprint density at radius 3 is 2.89 bits per heavy atom. The van der Waals surface area contributed by atoms with Crippen LogP contribution in [0.2, 0.25) is 0 Å². The number of hydrogen-bond donors (Lipinski definition) is 1. The van der Waals surface area contributed by atoms with Crippen LogP contribution in [0.5, 0.6) is 0 Å². The number of aryl methyl sites for hydroxylation is 2. The van der Waals surface area contributed by atoms with E-state index in [9.17, 15) is 9.90 Å². The van der Waals surface area contributed by atoms with Gasteiger partial charge < -0.3 is 10.0 Å². The highest BCUT2D eigenvalue weighted by Gasteiger charge is 2.33. The molecule has 98 valence electrons. The Labute approximate surface area is 111 Å². The Morgan fingerprint density at radius 2 is 2.22 bits per heavy atom. The van der Waals surface area contributed by atoms with E-state index in [1.807, 2.05) is 6.92 Å². The Balaban J connectivity index is 1.81. The van der Waals surface area contributed by atoms with Crippen LogP contribution in [0, 0.1) is 0 Å². The van der Waals surface area contributed by atoms with Crippen molar-refractivity contribution < 1.29 is 9.90 Å². The van der Waals surface area contributed by atoms with E-state index in [0.717, 1.165) is 17.8 Å². The highest BCUT2D eigenvalue weighted by molar-refractivity contribution is 7.11. The van der Waals surface area contributed by atoms with Gasteiger partial charge in [0.2, 0.25) is 5.91 Å². The number of carbonyl (C=O) groups excluding carboxylic acids is 1. The van der Waals surface area contributed by atoms with E-state index < -0.39 is 6.10 Å².